The van der Waals surface area contributed by atoms with E-state index in [0.29, 0.717) is 22.4 Å². The Morgan fingerprint density at radius 1 is 1.09 bits per heavy atom. The molecule has 0 spiro atoms. The Bertz CT molecular complexity index is 1300. The first kappa shape index (κ1) is 22.4. The van der Waals surface area contributed by atoms with Gasteiger partial charge in [-0.15, -0.1) is 21.5 Å². The van der Waals surface area contributed by atoms with Gasteiger partial charge >= 0.3 is 0 Å². The number of nitrogens with one attached hydrogen (secondary N) is 1. The summed E-state index contributed by atoms with van der Waals surface area (Å²) in [5, 5.41) is 14.0. The predicted octanol–water partition coefficient (Wildman–Crippen LogP) is 5.06. The lowest BCUT2D eigenvalue weighted by atomic mass is 10.2. The monoisotopic (exact) mass is 479 g/mol. The van der Waals surface area contributed by atoms with Crippen molar-refractivity contribution in [1.82, 2.24) is 15.2 Å². The van der Waals surface area contributed by atoms with E-state index in [1.54, 1.807) is 17.5 Å². The molecule has 2 heterocycles. The van der Waals surface area contributed by atoms with E-state index in [1.807, 2.05) is 30.3 Å². The van der Waals surface area contributed by atoms with Crippen LogP contribution in [0.3, 0.4) is 0 Å². The third-order valence-corrected chi connectivity index (χ3v) is 6.09. The Morgan fingerprint density at radius 3 is 2.61 bits per heavy atom. The number of aromatic nitrogens is 3. The number of halogens is 1. The summed E-state index contributed by atoms with van der Waals surface area (Å²) in [5.41, 5.74) is 1.70. The number of amides is 2. The summed E-state index contributed by atoms with van der Waals surface area (Å²) in [7, 11) is 0. The average molecular weight is 480 g/mol. The first-order valence-corrected chi connectivity index (χ1v) is 11.6. The molecule has 0 aliphatic rings. The van der Waals surface area contributed by atoms with Crippen LogP contribution in [0.25, 0.3) is 6.08 Å². The molecule has 166 valence electrons. The maximum atomic E-state index is 14.2. The molecule has 2 amide bonds. The first-order valence-electron chi connectivity index (χ1n) is 9.86. The second-order valence-electron chi connectivity index (χ2n) is 6.85. The molecule has 4 rings (SSSR count). The third kappa shape index (κ3) is 5.73. The Morgan fingerprint density at radius 2 is 1.85 bits per heavy atom. The zero-order valence-corrected chi connectivity index (χ0v) is 19.1. The van der Waals surface area contributed by atoms with Gasteiger partial charge in [0.05, 0.1) is 11.4 Å². The molecule has 0 unspecified atom stereocenters. The summed E-state index contributed by atoms with van der Waals surface area (Å²) in [6.45, 7) is 1.34. The van der Waals surface area contributed by atoms with Crippen LogP contribution in [0, 0.1) is 5.82 Å². The highest BCUT2D eigenvalue weighted by atomic mass is 32.1. The third-order valence-electron chi connectivity index (χ3n) is 4.41. The summed E-state index contributed by atoms with van der Waals surface area (Å²) in [6.07, 6.45) is 3.47. The molecule has 2 aromatic heterocycles. The molecular formula is C23H18FN5O2S2. The fourth-order valence-electron chi connectivity index (χ4n) is 2.95. The van der Waals surface area contributed by atoms with Gasteiger partial charge in [0, 0.05) is 24.8 Å². The van der Waals surface area contributed by atoms with Crippen molar-refractivity contribution in [2.45, 2.75) is 13.3 Å². The van der Waals surface area contributed by atoms with Gasteiger partial charge in [-0.1, -0.05) is 53.8 Å². The van der Waals surface area contributed by atoms with Gasteiger partial charge < -0.3 is 0 Å². The van der Waals surface area contributed by atoms with Crippen LogP contribution in [0.4, 0.5) is 20.3 Å². The molecule has 0 bridgehead atoms. The quantitative estimate of drug-likeness (QED) is 0.374. The molecule has 4 aromatic rings. The first-order chi connectivity index (χ1) is 16.0. The molecule has 0 radical (unpaired) electrons. The van der Waals surface area contributed by atoms with Gasteiger partial charge in [0.15, 0.2) is 5.13 Å². The minimum absolute atomic E-state index is 0.121. The van der Waals surface area contributed by atoms with Crippen molar-refractivity contribution in [3.8, 4) is 0 Å². The van der Waals surface area contributed by atoms with Crippen molar-refractivity contribution in [2.75, 3.05) is 10.2 Å². The van der Waals surface area contributed by atoms with Gasteiger partial charge in [-0.05, 0) is 23.8 Å². The van der Waals surface area contributed by atoms with Crippen LogP contribution in [0.1, 0.15) is 23.2 Å². The molecule has 1 N–H and O–H groups in total. The normalized spacial score (nSPS) is 11.0. The van der Waals surface area contributed by atoms with Gasteiger partial charge in [0.25, 0.3) is 0 Å². The maximum Gasteiger partial charge on any atom is 0.250 e. The van der Waals surface area contributed by atoms with Crippen LogP contribution in [-0.4, -0.2) is 27.0 Å². The van der Waals surface area contributed by atoms with Crippen LogP contribution in [0.15, 0.2) is 66.1 Å². The molecule has 7 nitrogen and oxygen atoms in total. The number of rotatable bonds is 7. The molecule has 10 heteroatoms. The van der Waals surface area contributed by atoms with E-state index >= 15 is 0 Å². The van der Waals surface area contributed by atoms with E-state index in [0.717, 1.165) is 10.6 Å². The number of carbonyl (C=O) groups is 2. The molecule has 0 atom stereocenters. The van der Waals surface area contributed by atoms with Crippen LogP contribution in [-0.2, 0) is 16.0 Å². The van der Waals surface area contributed by atoms with E-state index in [4.69, 9.17) is 0 Å². The van der Waals surface area contributed by atoms with E-state index in [9.17, 15) is 14.0 Å². The minimum Gasteiger partial charge on any atom is -0.297 e. The lowest BCUT2D eigenvalue weighted by molar-refractivity contribution is -0.116. The molecule has 2 aromatic carbocycles. The van der Waals surface area contributed by atoms with Gasteiger partial charge in [-0.3, -0.25) is 19.8 Å². The second-order valence-corrected chi connectivity index (χ2v) is 8.75. The number of anilines is 3. The van der Waals surface area contributed by atoms with Crippen molar-refractivity contribution < 1.29 is 14.0 Å². The molecule has 0 aliphatic heterocycles. The van der Waals surface area contributed by atoms with E-state index in [1.165, 1.54) is 58.8 Å². The highest BCUT2D eigenvalue weighted by molar-refractivity contribution is 7.15. The number of para-hydroxylation sites is 1. The van der Waals surface area contributed by atoms with Gasteiger partial charge in [-0.2, -0.15) is 0 Å². The van der Waals surface area contributed by atoms with Crippen molar-refractivity contribution in [2.24, 2.45) is 0 Å². The summed E-state index contributed by atoms with van der Waals surface area (Å²) in [4.78, 5) is 29.9. The van der Waals surface area contributed by atoms with Crippen LogP contribution in [0.2, 0.25) is 0 Å². The number of benzene rings is 2. The Hall–Kier alpha value is -3.76. The van der Waals surface area contributed by atoms with Crippen molar-refractivity contribution in [3.63, 3.8) is 0 Å². The highest BCUT2D eigenvalue weighted by Crippen LogP contribution is 2.31. The van der Waals surface area contributed by atoms with Gasteiger partial charge in [0.1, 0.15) is 10.8 Å². The number of hydrogen-bond donors (Lipinski definition) is 1. The van der Waals surface area contributed by atoms with Crippen molar-refractivity contribution in [1.29, 1.82) is 0 Å². The van der Waals surface area contributed by atoms with E-state index in [2.05, 4.69) is 20.5 Å². The lowest BCUT2D eigenvalue weighted by Gasteiger charge is -2.18. The standard InChI is InChI=1S/C23H18FN5O2S2/c1-15(30)29(19-10-6-5-9-18(19)24)23-25-17(14-32-23)11-12-20(31)26-22-28-27-21(33-22)13-16-7-3-2-4-8-16/h2-12,14H,13H2,1H3,(H,26,28,31)/b12-11+. The molecule has 0 saturated carbocycles. The number of carbonyl (C=O) groups excluding carboxylic acids is 2. The SMILES string of the molecule is CC(=O)N(c1nc(/C=C/C(=O)Nc2nnc(Cc3ccccc3)s2)cs1)c1ccccc1F. The molecule has 0 saturated heterocycles. The van der Waals surface area contributed by atoms with Crippen molar-refractivity contribution in [3.05, 3.63) is 88.1 Å². The number of nitrogens with zero attached hydrogens (tertiary/aromatic N) is 4. The molecular weight excluding hydrogens is 461 g/mol. The Kier molecular flexibility index (Phi) is 6.96. The largest absolute Gasteiger partial charge is 0.297 e. The van der Waals surface area contributed by atoms with Crippen LogP contribution in [0.5, 0.6) is 0 Å². The van der Waals surface area contributed by atoms with Crippen molar-refractivity contribution >= 4 is 56.5 Å². The number of thiazole rings is 1. The Labute approximate surface area is 197 Å². The predicted molar refractivity (Wildman–Crippen MR) is 128 cm³/mol. The lowest BCUT2D eigenvalue weighted by Crippen LogP contribution is -2.23. The molecule has 0 fully saturated rings. The second kappa shape index (κ2) is 10.2. The topological polar surface area (TPSA) is 88.1 Å². The van der Waals surface area contributed by atoms with Crippen LogP contribution >= 0.6 is 22.7 Å². The Balaban J connectivity index is 1.40. The van der Waals surface area contributed by atoms with Crippen LogP contribution < -0.4 is 10.2 Å². The van der Waals surface area contributed by atoms with Gasteiger partial charge in [-0.25, -0.2) is 9.37 Å². The van der Waals surface area contributed by atoms with Gasteiger partial charge in [0.2, 0.25) is 16.9 Å². The zero-order chi connectivity index (χ0) is 23.2. The molecule has 33 heavy (non-hydrogen) atoms. The van der Waals surface area contributed by atoms with E-state index in [-0.39, 0.29) is 17.5 Å². The summed E-state index contributed by atoms with van der Waals surface area (Å²) < 4.78 is 14.2. The summed E-state index contributed by atoms with van der Waals surface area (Å²) in [6, 6.07) is 15.9. The smallest absolute Gasteiger partial charge is 0.250 e. The minimum atomic E-state index is -0.525. The highest BCUT2D eigenvalue weighted by Gasteiger charge is 2.20. The zero-order valence-electron chi connectivity index (χ0n) is 17.4. The fourth-order valence-corrected chi connectivity index (χ4v) is 4.57. The maximum absolute atomic E-state index is 14.2. The summed E-state index contributed by atoms with van der Waals surface area (Å²) >= 11 is 2.48. The average Bonchev–Trinajstić information content (AvgIpc) is 3.44. The molecule has 0 aliphatic carbocycles. The fraction of sp³-hybridized carbons (Fsp3) is 0.0870. The summed E-state index contributed by atoms with van der Waals surface area (Å²) in [5.74, 6) is -1.28. The number of hydrogen-bond acceptors (Lipinski definition) is 7. The van der Waals surface area contributed by atoms with E-state index < -0.39 is 5.82 Å².